The van der Waals surface area contributed by atoms with Crippen LogP contribution in [0.15, 0.2) is 18.3 Å². The number of methoxy groups -OCH3 is 1. The van der Waals surface area contributed by atoms with Gasteiger partial charge in [-0.05, 0) is 88.5 Å². The van der Waals surface area contributed by atoms with Gasteiger partial charge in [0.2, 0.25) is 0 Å². The summed E-state index contributed by atoms with van der Waals surface area (Å²) in [5, 5.41) is 3.45. The fourth-order valence-corrected chi connectivity index (χ4v) is 4.95. The summed E-state index contributed by atoms with van der Waals surface area (Å²) in [6.07, 6.45) is 16.3. The second-order valence-electron chi connectivity index (χ2n) is 9.44. The molecular weight excluding hydrogens is 386 g/mol. The van der Waals surface area contributed by atoms with Crippen molar-refractivity contribution in [3.63, 3.8) is 0 Å². The van der Waals surface area contributed by atoms with Crippen molar-refractivity contribution in [2.75, 3.05) is 38.6 Å². The van der Waals surface area contributed by atoms with Gasteiger partial charge in [0.05, 0.1) is 7.11 Å². The van der Waals surface area contributed by atoms with Crippen molar-refractivity contribution < 1.29 is 9.53 Å². The van der Waals surface area contributed by atoms with Crippen LogP contribution in [-0.4, -0.2) is 49.1 Å². The molecule has 0 aromatic carbocycles. The van der Waals surface area contributed by atoms with Gasteiger partial charge in [-0.2, -0.15) is 0 Å². The van der Waals surface area contributed by atoms with Crippen LogP contribution in [0.5, 0.6) is 0 Å². The molecule has 0 amide bonds. The standard InChI is InChI=1S/C26H45N3O2/c1-4-19-29(20-10-18-27-24-13-12-23(2)22-28-24)21-17-26(14-7-5-6-8-15-26)16-9-11-25(30)31-3/h12-13,22H,4-11,14-21H2,1-3H3,(H,27,28). The van der Waals surface area contributed by atoms with Gasteiger partial charge in [-0.3, -0.25) is 4.79 Å². The van der Waals surface area contributed by atoms with Crippen molar-refractivity contribution in [1.29, 1.82) is 0 Å². The van der Waals surface area contributed by atoms with Crippen LogP contribution in [0.2, 0.25) is 0 Å². The van der Waals surface area contributed by atoms with Gasteiger partial charge < -0.3 is 15.0 Å². The monoisotopic (exact) mass is 431 g/mol. The van der Waals surface area contributed by atoms with Gasteiger partial charge in [-0.15, -0.1) is 0 Å². The molecule has 1 heterocycles. The smallest absolute Gasteiger partial charge is 0.305 e. The number of anilines is 1. The minimum Gasteiger partial charge on any atom is -0.469 e. The van der Waals surface area contributed by atoms with Gasteiger partial charge in [0, 0.05) is 19.2 Å². The molecular formula is C26H45N3O2. The Morgan fingerprint density at radius 1 is 1.10 bits per heavy atom. The summed E-state index contributed by atoms with van der Waals surface area (Å²) in [6.45, 7) is 8.77. The van der Waals surface area contributed by atoms with Gasteiger partial charge in [0.25, 0.3) is 0 Å². The zero-order valence-corrected chi connectivity index (χ0v) is 20.3. The average molecular weight is 432 g/mol. The fraction of sp³-hybridized carbons (Fsp3) is 0.769. The number of esters is 1. The Morgan fingerprint density at radius 3 is 2.52 bits per heavy atom. The van der Waals surface area contributed by atoms with Crippen LogP contribution < -0.4 is 5.32 Å². The van der Waals surface area contributed by atoms with Crippen molar-refractivity contribution in [3.8, 4) is 0 Å². The lowest BCUT2D eigenvalue weighted by molar-refractivity contribution is -0.140. The molecule has 1 fully saturated rings. The van der Waals surface area contributed by atoms with E-state index in [2.05, 4.69) is 41.2 Å². The molecule has 1 saturated carbocycles. The highest BCUT2D eigenvalue weighted by Gasteiger charge is 2.31. The minimum absolute atomic E-state index is 0.0630. The van der Waals surface area contributed by atoms with E-state index < -0.39 is 0 Å². The maximum atomic E-state index is 11.6. The first-order chi connectivity index (χ1) is 15.1. The highest BCUT2D eigenvalue weighted by molar-refractivity contribution is 5.68. The molecule has 0 saturated heterocycles. The maximum Gasteiger partial charge on any atom is 0.305 e. The molecule has 0 bridgehead atoms. The number of aromatic nitrogens is 1. The van der Waals surface area contributed by atoms with E-state index >= 15 is 0 Å². The summed E-state index contributed by atoms with van der Waals surface area (Å²) < 4.78 is 4.86. The van der Waals surface area contributed by atoms with E-state index in [0.717, 1.165) is 31.7 Å². The summed E-state index contributed by atoms with van der Waals surface area (Å²) in [7, 11) is 1.50. The average Bonchev–Trinajstić information content (AvgIpc) is 3.02. The van der Waals surface area contributed by atoms with Gasteiger partial charge in [-0.25, -0.2) is 4.98 Å². The highest BCUT2D eigenvalue weighted by Crippen LogP contribution is 2.42. The summed E-state index contributed by atoms with van der Waals surface area (Å²) in [5.41, 5.74) is 1.61. The lowest BCUT2D eigenvalue weighted by Gasteiger charge is -2.35. The normalized spacial score (nSPS) is 16.1. The molecule has 0 unspecified atom stereocenters. The van der Waals surface area contributed by atoms with Crippen LogP contribution in [-0.2, 0) is 9.53 Å². The molecule has 0 aliphatic heterocycles. The molecule has 31 heavy (non-hydrogen) atoms. The van der Waals surface area contributed by atoms with Crippen molar-refractivity contribution in [2.24, 2.45) is 5.41 Å². The molecule has 5 heteroatoms. The van der Waals surface area contributed by atoms with E-state index in [1.807, 2.05) is 6.20 Å². The quantitative estimate of drug-likeness (QED) is 0.223. The van der Waals surface area contributed by atoms with Crippen molar-refractivity contribution in [1.82, 2.24) is 9.88 Å². The van der Waals surface area contributed by atoms with Gasteiger partial charge in [-0.1, -0.05) is 38.7 Å². The van der Waals surface area contributed by atoms with E-state index in [1.54, 1.807) is 0 Å². The zero-order valence-electron chi connectivity index (χ0n) is 20.3. The summed E-state index contributed by atoms with van der Waals surface area (Å²) in [5.74, 6) is 0.905. The number of carbonyl (C=O) groups excluding carboxylic acids is 1. The number of pyridine rings is 1. The summed E-state index contributed by atoms with van der Waals surface area (Å²) >= 11 is 0. The maximum absolute atomic E-state index is 11.6. The first kappa shape index (κ1) is 25.6. The third-order valence-electron chi connectivity index (χ3n) is 6.85. The molecule has 0 atom stereocenters. The Morgan fingerprint density at radius 2 is 1.87 bits per heavy atom. The molecule has 1 N–H and O–H groups in total. The molecule has 1 aromatic heterocycles. The Balaban J connectivity index is 1.81. The largest absolute Gasteiger partial charge is 0.469 e. The fourth-order valence-electron chi connectivity index (χ4n) is 4.95. The van der Waals surface area contributed by atoms with Crippen LogP contribution in [0, 0.1) is 12.3 Å². The molecule has 176 valence electrons. The third-order valence-corrected chi connectivity index (χ3v) is 6.85. The number of nitrogens with zero attached hydrogens (tertiary/aromatic N) is 2. The second kappa shape index (κ2) is 14.4. The molecule has 1 aliphatic carbocycles. The number of hydrogen-bond acceptors (Lipinski definition) is 5. The molecule has 1 aromatic rings. The van der Waals surface area contributed by atoms with Gasteiger partial charge >= 0.3 is 5.97 Å². The highest BCUT2D eigenvalue weighted by atomic mass is 16.5. The van der Waals surface area contributed by atoms with Crippen molar-refractivity contribution in [2.45, 2.75) is 90.9 Å². The van der Waals surface area contributed by atoms with Crippen molar-refractivity contribution in [3.05, 3.63) is 23.9 Å². The van der Waals surface area contributed by atoms with E-state index in [9.17, 15) is 4.79 Å². The minimum atomic E-state index is -0.0630. The molecule has 2 rings (SSSR count). The molecule has 1 aliphatic rings. The van der Waals surface area contributed by atoms with Gasteiger partial charge in [0.15, 0.2) is 0 Å². The summed E-state index contributed by atoms with van der Waals surface area (Å²) in [4.78, 5) is 18.7. The molecule has 0 spiro atoms. The second-order valence-corrected chi connectivity index (χ2v) is 9.44. The van der Waals surface area contributed by atoms with Crippen LogP contribution in [0.1, 0.15) is 89.5 Å². The number of rotatable bonds is 14. The lowest BCUT2D eigenvalue weighted by atomic mass is 9.73. The Bertz CT molecular complexity index is 610. The van der Waals surface area contributed by atoms with E-state index in [-0.39, 0.29) is 5.97 Å². The number of aryl methyl sites for hydroxylation is 1. The number of carbonyl (C=O) groups is 1. The van der Waals surface area contributed by atoms with Crippen LogP contribution in [0.4, 0.5) is 5.82 Å². The number of nitrogens with one attached hydrogen (secondary N) is 1. The van der Waals surface area contributed by atoms with Gasteiger partial charge in [0.1, 0.15) is 5.82 Å². The third kappa shape index (κ3) is 10.0. The molecule has 5 nitrogen and oxygen atoms in total. The Kier molecular flexibility index (Phi) is 11.9. The Hall–Kier alpha value is -1.62. The lowest BCUT2D eigenvalue weighted by Crippen LogP contribution is -2.33. The van der Waals surface area contributed by atoms with E-state index in [4.69, 9.17) is 4.74 Å². The first-order valence-electron chi connectivity index (χ1n) is 12.5. The van der Waals surface area contributed by atoms with Crippen molar-refractivity contribution >= 4 is 11.8 Å². The first-order valence-corrected chi connectivity index (χ1v) is 12.5. The topological polar surface area (TPSA) is 54.5 Å². The Labute approximate surface area is 190 Å². The number of ether oxygens (including phenoxy) is 1. The number of hydrogen-bond donors (Lipinski definition) is 1. The summed E-state index contributed by atoms with van der Waals surface area (Å²) in [6, 6.07) is 4.16. The van der Waals surface area contributed by atoms with Crippen LogP contribution in [0.3, 0.4) is 0 Å². The zero-order chi connectivity index (χ0) is 22.4. The predicted octanol–water partition coefficient (Wildman–Crippen LogP) is 5.98. The molecule has 0 radical (unpaired) electrons. The predicted molar refractivity (Wildman–Crippen MR) is 129 cm³/mol. The van der Waals surface area contributed by atoms with Crippen LogP contribution >= 0.6 is 0 Å². The van der Waals surface area contributed by atoms with E-state index in [1.165, 1.54) is 83.6 Å². The van der Waals surface area contributed by atoms with Crippen LogP contribution in [0.25, 0.3) is 0 Å². The van der Waals surface area contributed by atoms with E-state index in [0.29, 0.717) is 11.8 Å². The SMILES string of the molecule is CCCN(CCCNc1ccc(C)cn1)CCC1(CCCC(=O)OC)CCCCCC1.